The van der Waals surface area contributed by atoms with Crippen molar-refractivity contribution in [3.63, 3.8) is 0 Å². The largest absolute Gasteiger partial charge is 0.496 e. The number of hydrogen-bond acceptors (Lipinski definition) is 9. The van der Waals surface area contributed by atoms with Crippen molar-refractivity contribution < 1.29 is 19.3 Å². The van der Waals surface area contributed by atoms with Crippen molar-refractivity contribution in [3.05, 3.63) is 35.9 Å². The quantitative estimate of drug-likeness (QED) is 0.573. The number of pyridine rings is 1. The van der Waals surface area contributed by atoms with Crippen molar-refractivity contribution >= 4 is 22.8 Å². The van der Waals surface area contributed by atoms with Gasteiger partial charge < -0.3 is 29.1 Å². The van der Waals surface area contributed by atoms with Crippen LogP contribution in [0.25, 0.3) is 22.3 Å². The van der Waals surface area contributed by atoms with Gasteiger partial charge in [0.1, 0.15) is 11.6 Å². The van der Waals surface area contributed by atoms with Crippen LogP contribution in [0.15, 0.2) is 30.3 Å². The highest BCUT2D eigenvalue weighted by molar-refractivity contribution is 5.90. The molecule has 186 valence electrons. The van der Waals surface area contributed by atoms with Crippen molar-refractivity contribution in [2.75, 3.05) is 56.9 Å². The van der Waals surface area contributed by atoms with Crippen LogP contribution in [-0.4, -0.2) is 79.3 Å². The molecule has 3 aromatic rings. The normalized spacial score (nSPS) is 19.2. The number of hydrogen-bond donors (Lipinski definition) is 1. The third-order valence-electron chi connectivity index (χ3n) is 6.97. The molecule has 0 saturated carbocycles. The third kappa shape index (κ3) is 4.76. The molecule has 4 heterocycles. The zero-order chi connectivity index (χ0) is 24.4. The summed E-state index contributed by atoms with van der Waals surface area (Å²) >= 11 is 0. The minimum absolute atomic E-state index is 0.105. The smallest absolute Gasteiger partial charge is 0.229 e. The van der Waals surface area contributed by atoms with Gasteiger partial charge in [-0.25, -0.2) is 4.98 Å². The zero-order valence-corrected chi connectivity index (χ0v) is 20.6. The van der Waals surface area contributed by atoms with E-state index in [-0.39, 0.29) is 12.6 Å². The number of nitrogens with zero attached hydrogens (tertiary/aromatic N) is 5. The van der Waals surface area contributed by atoms with Crippen LogP contribution in [0.5, 0.6) is 5.75 Å². The molecule has 1 atom stereocenters. The van der Waals surface area contributed by atoms with Crippen LogP contribution >= 0.6 is 0 Å². The number of benzene rings is 1. The molecule has 1 aromatic carbocycles. The summed E-state index contributed by atoms with van der Waals surface area (Å²) in [5, 5.41) is 10.7. The van der Waals surface area contributed by atoms with Gasteiger partial charge in [-0.2, -0.15) is 9.97 Å². The summed E-state index contributed by atoms with van der Waals surface area (Å²) < 4.78 is 16.6. The number of aromatic nitrogens is 3. The van der Waals surface area contributed by atoms with E-state index in [2.05, 4.69) is 29.8 Å². The molecule has 0 unspecified atom stereocenters. The average molecular weight is 480 g/mol. The molecule has 35 heavy (non-hydrogen) atoms. The summed E-state index contributed by atoms with van der Waals surface area (Å²) in [5.41, 5.74) is 3.06. The van der Waals surface area contributed by atoms with Gasteiger partial charge in [0.15, 0.2) is 5.65 Å². The Bertz CT molecular complexity index is 1180. The maximum atomic E-state index is 9.77. The van der Waals surface area contributed by atoms with Gasteiger partial charge in [0.05, 0.1) is 44.1 Å². The summed E-state index contributed by atoms with van der Waals surface area (Å²) in [6, 6.07) is 10.3. The average Bonchev–Trinajstić information content (AvgIpc) is 2.92. The number of aliphatic hydroxyl groups is 1. The zero-order valence-electron chi connectivity index (χ0n) is 20.6. The van der Waals surface area contributed by atoms with Gasteiger partial charge in [-0.3, -0.25) is 0 Å². The standard InChI is InChI=1S/C26H33N5O4/c1-17-16-35-13-10-31(17)25-21-5-6-22(18-4-7-23(33-3)19(14-18)15-32)27-24(21)28-26(29-25)30(2)20-8-11-34-12-9-20/h4-7,14,17,20,32H,8-13,15-16H2,1-3H3/t17-/m0/s1. The number of anilines is 2. The van der Waals surface area contributed by atoms with Gasteiger partial charge in [0.25, 0.3) is 0 Å². The van der Waals surface area contributed by atoms with Crippen molar-refractivity contribution in [3.8, 4) is 17.0 Å². The molecule has 0 bridgehead atoms. The Morgan fingerprint density at radius 3 is 2.66 bits per heavy atom. The molecule has 9 heteroatoms. The van der Waals surface area contributed by atoms with Gasteiger partial charge in [0, 0.05) is 44.0 Å². The fourth-order valence-corrected chi connectivity index (χ4v) is 4.86. The highest BCUT2D eigenvalue weighted by atomic mass is 16.5. The number of methoxy groups -OCH3 is 1. The Morgan fingerprint density at radius 2 is 1.91 bits per heavy atom. The molecule has 0 spiro atoms. The molecule has 2 fully saturated rings. The van der Waals surface area contributed by atoms with Crippen molar-refractivity contribution in [2.45, 2.75) is 38.5 Å². The molecular weight excluding hydrogens is 446 g/mol. The van der Waals surface area contributed by atoms with Crippen molar-refractivity contribution in [2.24, 2.45) is 0 Å². The second-order valence-electron chi connectivity index (χ2n) is 9.17. The van der Waals surface area contributed by atoms with E-state index < -0.39 is 0 Å². The van der Waals surface area contributed by atoms with Crippen LogP contribution in [-0.2, 0) is 16.1 Å². The summed E-state index contributed by atoms with van der Waals surface area (Å²) in [6.45, 7) is 5.66. The SMILES string of the molecule is COc1ccc(-c2ccc3c(N4CCOC[C@@H]4C)nc(N(C)C4CCOCC4)nc3n2)cc1CO. The number of rotatable bonds is 6. The van der Waals surface area contributed by atoms with Crippen LogP contribution in [0.3, 0.4) is 0 Å². The molecule has 5 rings (SSSR count). The highest BCUT2D eigenvalue weighted by Gasteiger charge is 2.27. The molecule has 2 aliphatic rings. The van der Waals surface area contributed by atoms with Crippen molar-refractivity contribution in [1.29, 1.82) is 0 Å². The van der Waals surface area contributed by atoms with Crippen LogP contribution in [0, 0.1) is 0 Å². The van der Waals surface area contributed by atoms with Gasteiger partial charge in [-0.05, 0) is 50.1 Å². The van der Waals surface area contributed by atoms with Crippen LogP contribution < -0.4 is 14.5 Å². The molecule has 0 aliphatic carbocycles. The van der Waals surface area contributed by atoms with E-state index >= 15 is 0 Å². The van der Waals surface area contributed by atoms with E-state index in [9.17, 15) is 5.11 Å². The lowest BCUT2D eigenvalue weighted by Crippen LogP contribution is -2.44. The number of fused-ring (bicyclic) bond motifs is 1. The topological polar surface area (TPSA) is 93.1 Å². The lowest BCUT2D eigenvalue weighted by Gasteiger charge is -2.36. The molecule has 9 nitrogen and oxygen atoms in total. The second kappa shape index (κ2) is 10.3. The summed E-state index contributed by atoms with van der Waals surface area (Å²) in [7, 11) is 3.66. The predicted molar refractivity (Wildman–Crippen MR) is 135 cm³/mol. The van der Waals surface area contributed by atoms with E-state index in [1.807, 2.05) is 24.3 Å². The van der Waals surface area contributed by atoms with E-state index in [0.29, 0.717) is 36.6 Å². The van der Waals surface area contributed by atoms with Gasteiger partial charge in [-0.15, -0.1) is 0 Å². The lowest BCUT2D eigenvalue weighted by atomic mass is 10.1. The van der Waals surface area contributed by atoms with Gasteiger partial charge in [0.2, 0.25) is 5.95 Å². The Labute approximate surface area is 205 Å². The first kappa shape index (κ1) is 23.7. The van der Waals surface area contributed by atoms with Gasteiger partial charge in [-0.1, -0.05) is 0 Å². The first-order valence-corrected chi connectivity index (χ1v) is 12.2. The van der Waals surface area contributed by atoms with Crippen molar-refractivity contribution in [1.82, 2.24) is 15.0 Å². The number of aliphatic hydroxyl groups excluding tert-OH is 1. The minimum Gasteiger partial charge on any atom is -0.496 e. The first-order valence-electron chi connectivity index (χ1n) is 12.2. The Kier molecular flexibility index (Phi) is 6.99. The maximum Gasteiger partial charge on any atom is 0.229 e. The summed E-state index contributed by atoms with van der Waals surface area (Å²) in [6.07, 6.45) is 1.90. The summed E-state index contributed by atoms with van der Waals surface area (Å²) in [5.74, 6) is 2.22. The van der Waals surface area contributed by atoms with Crippen LogP contribution in [0.1, 0.15) is 25.3 Å². The maximum absolute atomic E-state index is 9.77. The van der Waals surface area contributed by atoms with E-state index in [0.717, 1.165) is 60.6 Å². The fraction of sp³-hybridized carbons (Fsp3) is 0.500. The molecule has 0 amide bonds. The third-order valence-corrected chi connectivity index (χ3v) is 6.97. The van der Waals surface area contributed by atoms with Crippen LogP contribution in [0.4, 0.5) is 11.8 Å². The monoisotopic (exact) mass is 479 g/mol. The summed E-state index contributed by atoms with van der Waals surface area (Å²) in [4.78, 5) is 19.4. The first-order chi connectivity index (χ1) is 17.1. The minimum atomic E-state index is -0.105. The lowest BCUT2D eigenvalue weighted by molar-refractivity contribution is 0.0852. The highest BCUT2D eigenvalue weighted by Crippen LogP contribution is 2.32. The van der Waals surface area contributed by atoms with Crippen LogP contribution in [0.2, 0.25) is 0 Å². The molecule has 2 aromatic heterocycles. The van der Waals surface area contributed by atoms with Gasteiger partial charge >= 0.3 is 0 Å². The molecule has 2 saturated heterocycles. The Morgan fingerprint density at radius 1 is 1.09 bits per heavy atom. The number of ether oxygens (including phenoxy) is 3. The van der Waals surface area contributed by atoms with E-state index in [4.69, 9.17) is 29.2 Å². The predicted octanol–water partition coefficient (Wildman–Crippen LogP) is 3.03. The van der Waals surface area contributed by atoms with E-state index in [1.165, 1.54) is 0 Å². The molecule has 0 radical (unpaired) electrons. The fourth-order valence-electron chi connectivity index (χ4n) is 4.86. The molecule has 2 aliphatic heterocycles. The Balaban J connectivity index is 1.61. The van der Waals surface area contributed by atoms with E-state index in [1.54, 1.807) is 7.11 Å². The molecular formula is C26H33N5O4. The Hall–Kier alpha value is -3.01. The molecule has 1 N–H and O–H groups in total. The number of morpholine rings is 1. The second-order valence-corrected chi connectivity index (χ2v) is 9.17.